The van der Waals surface area contributed by atoms with Gasteiger partial charge in [-0.05, 0) is 31.4 Å². The number of aryl methyl sites for hydroxylation is 2. The highest BCUT2D eigenvalue weighted by molar-refractivity contribution is 6.42. The van der Waals surface area contributed by atoms with Crippen LogP contribution in [0.2, 0.25) is 10.0 Å². The molecule has 0 saturated heterocycles. The van der Waals surface area contributed by atoms with Gasteiger partial charge in [0.25, 0.3) is 0 Å². The van der Waals surface area contributed by atoms with E-state index in [1.807, 2.05) is 12.1 Å². The molecule has 0 amide bonds. The number of hydrogen-bond acceptors (Lipinski definition) is 2. The lowest BCUT2D eigenvalue weighted by Crippen LogP contribution is -2.05. The monoisotopic (exact) mass is 348 g/mol. The van der Waals surface area contributed by atoms with Crippen LogP contribution in [0.1, 0.15) is 25.1 Å². The predicted molar refractivity (Wildman–Crippen MR) is 89.9 cm³/mol. The third-order valence-electron chi connectivity index (χ3n) is 3.42. The number of ether oxygens (including phenoxy) is 1. The summed E-state index contributed by atoms with van der Waals surface area (Å²) in [6.07, 6.45) is 4.00. The second-order valence-electron chi connectivity index (χ2n) is 4.93. The maximum atomic E-state index is 6.13. The molecule has 2 aromatic rings. The van der Waals surface area contributed by atoms with Crippen molar-refractivity contribution >= 4 is 45.8 Å². The quantitative estimate of drug-likeness (QED) is 0.498. The predicted octanol–water partition coefficient (Wildman–Crippen LogP) is 4.94. The number of benzene rings is 1. The van der Waals surface area contributed by atoms with Crippen LogP contribution in [-0.4, -0.2) is 29.1 Å². The lowest BCUT2D eigenvalue weighted by atomic mass is 10.2. The molecule has 0 aliphatic rings. The van der Waals surface area contributed by atoms with E-state index in [1.54, 1.807) is 7.11 Å². The topological polar surface area (TPSA) is 27.1 Å². The number of rotatable bonds is 8. The first-order valence-corrected chi connectivity index (χ1v) is 8.35. The van der Waals surface area contributed by atoms with Gasteiger partial charge >= 0.3 is 0 Å². The molecule has 0 spiro atoms. The Kier molecular flexibility index (Phi) is 6.62. The number of methoxy groups -OCH3 is 1. The minimum atomic E-state index is 0.534. The molecule has 0 unspecified atom stereocenters. The van der Waals surface area contributed by atoms with Gasteiger partial charge in [0, 0.05) is 32.6 Å². The molecule has 0 N–H and O–H groups in total. The smallest absolute Gasteiger partial charge is 0.111 e. The number of nitrogens with zero attached hydrogens (tertiary/aromatic N) is 2. The minimum absolute atomic E-state index is 0.534. The molecule has 0 aliphatic heterocycles. The Balaban J connectivity index is 2.21. The summed E-state index contributed by atoms with van der Waals surface area (Å²) in [5.41, 5.74) is 1.90. The number of hydrogen-bond donors (Lipinski definition) is 0. The Bertz CT molecular complexity index is 598. The summed E-state index contributed by atoms with van der Waals surface area (Å²) in [5.74, 6) is 1.54. The van der Waals surface area contributed by atoms with Crippen molar-refractivity contribution in [3.8, 4) is 0 Å². The van der Waals surface area contributed by atoms with Gasteiger partial charge in [0.1, 0.15) is 5.82 Å². The van der Waals surface area contributed by atoms with E-state index in [9.17, 15) is 0 Å². The number of unbranched alkanes of at least 4 members (excludes halogenated alkanes) is 2. The van der Waals surface area contributed by atoms with E-state index in [2.05, 4.69) is 9.55 Å². The van der Waals surface area contributed by atoms with Crippen molar-refractivity contribution in [1.82, 2.24) is 9.55 Å². The number of fused-ring (bicyclic) bond motifs is 1. The van der Waals surface area contributed by atoms with Gasteiger partial charge in [-0.2, -0.15) is 0 Å². The second-order valence-corrected chi connectivity index (χ2v) is 6.12. The lowest BCUT2D eigenvalue weighted by molar-refractivity contribution is 0.191. The van der Waals surface area contributed by atoms with Crippen molar-refractivity contribution in [2.45, 2.75) is 32.2 Å². The highest BCUT2D eigenvalue weighted by atomic mass is 35.5. The Labute approximate surface area is 140 Å². The van der Waals surface area contributed by atoms with Gasteiger partial charge in [-0.3, -0.25) is 0 Å². The zero-order valence-corrected chi connectivity index (χ0v) is 14.3. The number of imidazole rings is 1. The van der Waals surface area contributed by atoms with Gasteiger partial charge in [0.15, 0.2) is 0 Å². The normalized spacial score (nSPS) is 11.4. The van der Waals surface area contributed by atoms with Gasteiger partial charge < -0.3 is 9.30 Å². The fourth-order valence-electron chi connectivity index (χ4n) is 2.39. The van der Waals surface area contributed by atoms with E-state index in [1.165, 1.54) is 0 Å². The van der Waals surface area contributed by atoms with E-state index in [4.69, 9.17) is 39.5 Å². The van der Waals surface area contributed by atoms with E-state index in [0.29, 0.717) is 15.9 Å². The molecule has 0 aliphatic carbocycles. The maximum Gasteiger partial charge on any atom is 0.111 e. The molecular weight excluding hydrogens is 331 g/mol. The first-order chi connectivity index (χ1) is 10.2. The lowest BCUT2D eigenvalue weighted by Gasteiger charge is -2.09. The highest BCUT2D eigenvalue weighted by Crippen LogP contribution is 2.28. The van der Waals surface area contributed by atoms with Crippen LogP contribution < -0.4 is 0 Å². The standard InChI is InChI=1S/C15H19Cl3N2O/c1-21-8-4-2-3-7-20-14-10-12(18)11(17)9-13(14)19-15(20)5-6-16/h9-10H,2-8H2,1H3. The summed E-state index contributed by atoms with van der Waals surface area (Å²) in [7, 11) is 1.73. The summed E-state index contributed by atoms with van der Waals surface area (Å²) in [6, 6.07) is 3.71. The average molecular weight is 350 g/mol. The van der Waals surface area contributed by atoms with E-state index < -0.39 is 0 Å². The van der Waals surface area contributed by atoms with Crippen LogP contribution in [-0.2, 0) is 17.7 Å². The first kappa shape index (κ1) is 16.9. The zero-order valence-electron chi connectivity index (χ0n) is 12.0. The molecule has 1 aromatic heterocycles. The van der Waals surface area contributed by atoms with Gasteiger partial charge in [0.05, 0.1) is 21.1 Å². The molecule has 6 heteroatoms. The zero-order chi connectivity index (χ0) is 15.2. The van der Waals surface area contributed by atoms with Crippen LogP contribution in [0.3, 0.4) is 0 Å². The summed E-state index contributed by atoms with van der Waals surface area (Å²) in [5, 5.41) is 1.09. The summed E-state index contributed by atoms with van der Waals surface area (Å²) in [6.45, 7) is 1.71. The van der Waals surface area contributed by atoms with E-state index in [0.717, 1.165) is 55.7 Å². The molecule has 1 aromatic carbocycles. The van der Waals surface area contributed by atoms with E-state index in [-0.39, 0.29) is 0 Å². The molecule has 0 saturated carbocycles. The molecule has 3 nitrogen and oxygen atoms in total. The molecule has 0 radical (unpaired) electrons. The average Bonchev–Trinajstić information content (AvgIpc) is 2.77. The second kappa shape index (κ2) is 8.23. The SMILES string of the molecule is COCCCCCn1c(CCCl)nc2cc(Cl)c(Cl)cc21. The fourth-order valence-corrected chi connectivity index (χ4v) is 2.87. The number of halogens is 3. The molecule has 1 heterocycles. The van der Waals surface area contributed by atoms with Crippen LogP contribution in [0.15, 0.2) is 12.1 Å². The van der Waals surface area contributed by atoms with Crippen LogP contribution in [0.4, 0.5) is 0 Å². The van der Waals surface area contributed by atoms with Crippen molar-refractivity contribution in [3.63, 3.8) is 0 Å². The Morgan fingerprint density at radius 2 is 1.90 bits per heavy atom. The molecule has 116 valence electrons. The number of aromatic nitrogens is 2. The molecular formula is C15H19Cl3N2O. The van der Waals surface area contributed by atoms with Gasteiger partial charge in [-0.25, -0.2) is 4.98 Å². The van der Waals surface area contributed by atoms with Crippen molar-refractivity contribution in [1.29, 1.82) is 0 Å². The van der Waals surface area contributed by atoms with Gasteiger partial charge in [-0.15, -0.1) is 11.6 Å². The Morgan fingerprint density at radius 3 is 2.62 bits per heavy atom. The van der Waals surface area contributed by atoms with Crippen LogP contribution >= 0.6 is 34.8 Å². The largest absolute Gasteiger partial charge is 0.385 e. The van der Waals surface area contributed by atoms with Crippen molar-refractivity contribution in [2.75, 3.05) is 19.6 Å². The molecule has 21 heavy (non-hydrogen) atoms. The third kappa shape index (κ3) is 4.26. The summed E-state index contributed by atoms with van der Waals surface area (Å²) < 4.78 is 7.27. The molecule has 2 rings (SSSR count). The minimum Gasteiger partial charge on any atom is -0.385 e. The number of alkyl halides is 1. The van der Waals surface area contributed by atoms with Crippen molar-refractivity contribution < 1.29 is 4.74 Å². The van der Waals surface area contributed by atoms with Crippen molar-refractivity contribution in [3.05, 3.63) is 28.0 Å². The van der Waals surface area contributed by atoms with Gasteiger partial charge in [-0.1, -0.05) is 23.2 Å². The summed E-state index contributed by atoms with van der Waals surface area (Å²) >= 11 is 18.1. The van der Waals surface area contributed by atoms with E-state index >= 15 is 0 Å². The Morgan fingerprint density at radius 1 is 1.14 bits per heavy atom. The fraction of sp³-hybridized carbons (Fsp3) is 0.533. The molecule has 0 atom stereocenters. The van der Waals surface area contributed by atoms with Crippen LogP contribution in [0.5, 0.6) is 0 Å². The first-order valence-electron chi connectivity index (χ1n) is 7.06. The Hall–Kier alpha value is -0.480. The van der Waals surface area contributed by atoms with Crippen molar-refractivity contribution in [2.24, 2.45) is 0 Å². The third-order valence-corrected chi connectivity index (χ3v) is 4.33. The molecule has 0 bridgehead atoms. The van der Waals surface area contributed by atoms with Crippen LogP contribution in [0.25, 0.3) is 11.0 Å². The van der Waals surface area contributed by atoms with Crippen LogP contribution in [0, 0.1) is 0 Å². The van der Waals surface area contributed by atoms with Gasteiger partial charge in [0.2, 0.25) is 0 Å². The maximum absolute atomic E-state index is 6.13. The molecule has 0 fully saturated rings. The summed E-state index contributed by atoms with van der Waals surface area (Å²) in [4.78, 5) is 4.63. The highest BCUT2D eigenvalue weighted by Gasteiger charge is 2.12.